The monoisotopic (exact) mass is 206 g/mol. The van der Waals surface area contributed by atoms with Crippen molar-refractivity contribution in [2.75, 3.05) is 0 Å². The van der Waals surface area contributed by atoms with Crippen molar-refractivity contribution in [3.05, 3.63) is 0 Å². The quantitative estimate of drug-likeness (QED) is 0.379. The molecule has 4 heteroatoms. The Labute approximate surface area is 78.7 Å². The minimum absolute atomic E-state index is 0. The molecule has 0 aromatic rings. The second-order valence-electron chi connectivity index (χ2n) is 0. The molecule has 0 atom stereocenters. The van der Waals surface area contributed by atoms with Gasteiger partial charge in [0.2, 0.25) is 0 Å². The maximum absolute atomic E-state index is 0. The smallest absolute Gasteiger partial charge is 1.00 e. The van der Waals surface area contributed by atoms with E-state index in [0.29, 0.717) is 0 Å². The van der Waals surface area contributed by atoms with E-state index in [0.717, 1.165) is 0 Å². The van der Waals surface area contributed by atoms with E-state index in [1.807, 2.05) is 0 Å². The third-order valence-electron chi connectivity index (χ3n) is 0. The molecule has 0 aliphatic heterocycles. The molecule has 4 N–H and O–H groups in total. The predicted octanol–water partition coefficient (Wildman–Crippen LogP) is -2.99. The molecule has 0 heterocycles. The van der Waals surface area contributed by atoms with Gasteiger partial charge in [0.1, 0.15) is 0 Å². The van der Waals surface area contributed by atoms with Crippen LogP contribution in [-0.2, 0) is 0 Å². The van der Waals surface area contributed by atoms with Gasteiger partial charge >= 0.3 is 48.9 Å². The molecule has 0 rings (SSSR count). The minimum atomic E-state index is 0. The molecule has 2 nitrogen and oxygen atoms in total. The van der Waals surface area contributed by atoms with Crippen molar-refractivity contribution in [1.82, 2.24) is 0 Å². The Balaban J connectivity index is 0. The first-order valence-electron chi connectivity index (χ1n) is 0. The second-order valence-corrected chi connectivity index (χ2v) is 0. The minimum Gasteiger partial charge on any atom is -1.00 e. The molecular weight excluding hydrogens is 196 g/mol. The van der Waals surface area contributed by atoms with Crippen LogP contribution in [0.3, 0.4) is 0 Å². The van der Waals surface area contributed by atoms with Crippen LogP contribution in [0.25, 0.3) is 0 Å². The van der Waals surface area contributed by atoms with Crippen molar-refractivity contribution in [3.8, 4) is 0 Å². The molecule has 0 radical (unpaired) electrons. The molecule has 26 valence electrons. The van der Waals surface area contributed by atoms with Crippen LogP contribution in [0.1, 0.15) is 2.85 Å². The van der Waals surface area contributed by atoms with Gasteiger partial charge in [-0.15, -0.1) is 0 Å². The van der Waals surface area contributed by atoms with Crippen LogP contribution in [0.2, 0.25) is 0 Å². The Kier molecular flexibility index (Phi) is 184. The Morgan fingerprint density at radius 2 is 1.00 bits per heavy atom. The van der Waals surface area contributed by atoms with Gasteiger partial charge in [0.25, 0.3) is 0 Å². The molecule has 0 spiro atoms. The molecule has 4 heavy (non-hydrogen) atoms. The van der Waals surface area contributed by atoms with Crippen molar-refractivity contribution in [2.45, 2.75) is 0 Å². The summed E-state index contributed by atoms with van der Waals surface area (Å²) in [6.45, 7) is 0. The van der Waals surface area contributed by atoms with Crippen LogP contribution in [0.15, 0.2) is 0 Å². The average molecular weight is 205 g/mol. The summed E-state index contributed by atoms with van der Waals surface area (Å²) >= 11 is 0. The Morgan fingerprint density at radius 3 is 1.00 bits per heavy atom. The molecule has 0 aliphatic rings. The zero-order valence-electron chi connectivity index (χ0n) is 3.71. The molecular formula is H9AlBaO2. The fourth-order valence-corrected chi connectivity index (χ4v) is 0. The van der Waals surface area contributed by atoms with Gasteiger partial charge in [-0.1, -0.05) is 0 Å². The molecule has 0 fully saturated rings. The fourth-order valence-electron chi connectivity index (χ4n) is 0. The van der Waals surface area contributed by atoms with E-state index in [4.69, 9.17) is 0 Å². The van der Waals surface area contributed by atoms with Crippen molar-refractivity contribution >= 4 is 66.2 Å². The first-order chi connectivity index (χ1) is 0. The van der Waals surface area contributed by atoms with E-state index < -0.39 is 0 Å². The van der Waals surface area contributed by atoms with Gasteiger partial charge in [0.15, 0.2) is 17.4 Å². The molecule has 0 saturated carbocycles. The Bertz CT molecular complexity index is 11.5. The molecule has 0 aromatic carbocycles. The summed E-state index contributed by atoms with van der Waals surface area (Å²) < 4.78 is 0. The van der Waals surface area contributed by atoms with Crippen LogP contribution in [0.5, 0.6) is 0 Å². The van der Waals surface area contributed by atoms with Gasteiger partial charge in [-0.3, -0.25) is 0 Å². The Hall–Kier alpha value is 2.02. The topological polar surface area (TPSA) is 63.0 Å². The third kappa shape index (κ3) is 8.98. The third-order valence-corrected chi connectivity index (χ3v) is 0. The summed E-state index contributed by atoms with van der Waals surface area (Å²) in [4.78, 5) is 0. The predicted molar refractivity (Wildman–Crippen MR) is 25.1 cm³/mol. The van der Waals surface area contributed by atoms with Gasteiger partial charge in [-0.25, -0.2) is 0 Å². The van der Waals surface area contributed by atoms with Crippen LogP contribution in [0.4, 0.5) is 0 Å². The number of hydrogen-bond donors (Lipinski definition) is 0. The summed E-state index contributed by atoms with van der Waals surface area (Å²) in [6, 6.07) is 0. The van der Waals surface area contributed by atoms with Gasteiger partial charge in [0, 0.05) is 0 Å². The van der Waals surface area contributed by atoms with Crippen molar-refractivity contribution in [3.63, 3.8) is 0 Å². The Morgan fingerprint density at radius 1 is 1.00 bits per heavy atom. The summed E-state index contributed by atoms with van der Waals surface area (Å²) in [5.41, 5.74) is 0. The molecule has 0 unspecified atom stereocenters. The first-order valence-corrected chi connectivity index (χ1v) is 0. The standard InChI is InChI=1S/Al.Ba.2H2O.5H/h;;2*1H2;;;;;/q;+2;;;;;;2*-1. The molecule has 0 aromatic heterocycles. The number of rotatable bonds is 0. The fraction of sp³-hybridized carbons (Fsp3) is 0. The van der Waals surface area contributed by atoms with Gasteiger partial charge in [-0.2, -0.15) is 0 Å². The van der Waals surface area contributed by atoms with Crippen LogP contribution < -0.4 is 0 Å². The zero-order chi connectivity index (χ0) is 0. The molecule has 0 saturated heterocycles. The average Bonchev–Trinajstić information content (AvgIpc) is 0. The van der Waals surface area contributed by atoms with Crippen molar-refractivity contribution in [2.24, 2.45) is 0 Å². The largest absolute Gasteiger partial charge is 2.00 e. The van der Waals surface area contributed by atoms with Crippen LogP contribution >= 0.6 is 0 Å². The molecule has 0 amide bonds. The van der Waals surface area contributed by atoms with E-state index >= 15 is 0 Å². The maximum Gasteiger partial charge on any atom is 2.00 e. The first kappa shape index (κ1) is 37.1. The zero-order valence-corrected chi connectivity index (χ0v) is 6.15. The van der Waals surface area contributed by atoms with Gasteiger partial charge in [0.05, 0.1) is 0 Å². The summed E-state index contributed by atoms with van der Waals surface area (Å²) in [6.07, 6.45) is 0. The van der Waals surface area contributed by atoms with E-state index in [1.54, 1.807) is 0 Å². The summed E-state index contributed by atoms with van der Waals surface area (Å²) in [7, 11) is 0. The molecule has 0 aliphatic carbocycles. The van der Waals surface area contributed by atoms with E-state index in [-0.39, 0.29) is 80.0 Å². The maximum atomic E-state index is 0. The van der Waals surface area contributed by atoms with E-state index in [9.17, 15) is 0 Å². The van der Waals surface area contributed by atoms with Crippen LogP contribution in [-0.4, -0.2) is 77.2 Å². The second kappa shape index (κ2) is 19.9. The van der Waals surface area contributed by atoms with E-state index in [1.165, 1.54) is 0 Å². The van der Waals surface area contributed by atoms with Crippen molar-refractivity contribution < 1.29 is 13.8 Å². The van der Waals surface area contributed by atoms with E-state index in [2.05, 4.69) is 0 Å². The van der Waals surface area contributed by atoms with Crippen LogP contribution in [0, 0.1) is 0 Å². The number of hydrogen-bond acceptors (Lipinski definition) is 0. The SMILES string of the molecule is O.O.[AlH3].[Ba+2].[H-].[H-]. The van der Waals surface area contributed by atoms with Gasteiger partial charge in [-0.05, 0) is 0 Å². The van der Waals surface area contributed by atoms with Crippen molar-refractivity contribution in [1.29, 1.82) is 0 Å². The molecule has 0 bridgehead atoms. The normalized spacial score (nSPS) is 0. The summed E-state index contributed by atoms with van der Waals surface area (Å²) in [5.74, 6) is 0. The summed E-state index contributed by atoms with van der Waals surface area (Å²) in [5, 5.41) is 0. The van der Waals surface area contributed by atoms with Gasteiger partial charge < -0.3 is 13.8 Å².